The van der Waals surface area contributed by atoms with Crippen LogP contribution in [-0.4, -0.2) is 24.3 Å². The van der Waals surface area contributed by atoms with Gasteiger partial charge in [0.05, 0.1) is 0 Å². The van der Waals surface area contributed by atoms with Crippen molar-refractivity contribution in [3.8, 4) is 0 Å². The minimum absolute atomic E-state index is 0.317. The molecule has 0 aromatic rings. The van der Waals surface area contributed by atoms with Crippen molar-refractivity contribution in [3.05, 3.63) is 0 Å². The Labute approximate surface area is 69.0 Å². The van der Waals surface area contributed by atoms with Crippen LogP contribution in [-0.2, 0) is 0 Å². The SMILES string of the molecule is CC(C)C(CO)CNC1CC1. The molecule has 1 rings (SSSR count). The normalized spacial score (nSPS) is 20.7. The summed E-state index contributed by atoms with van der Waals surface area (Å²) in [5.74, 6) is 1.03. The molecule has 0 radical (unpaired) electrons. The van der Waals surface area contributed by atoms with Crippen LogP contribution >= 0.6 is 0 Å². The molecule has 2 heteroatoms. The predicted octanol–water partition coefficient (Wildman–Crippen LogP) is 1.00. The lowest BCUT2D eigenvalue weighted by Crippen LogP contribution is -2.29. The van der Waals surface area contributed by atoms with Gasteiger partial charge in [0, 0.05) is 19.2 Å². The topological polar surface area (TPSA) is 32.3 Å². The fraction of sp³-hybridized carbons (Fsp3) is 1.00. The molecule has 0 aromatic heterocycles. The Hall–Kier alpha value is -0.0800. The fourth-order valence-corrected chi connectivity index (χ4v) is 1.12. The monoisotopic (exact) mass is 157 g/mol. The molecule has 11 heavy (non-hydrogen) atoms. The summed E-state index contributed by atoms with van der Waals surface area (Å²) >= 11 is 0. The third kappa shape index (κ3) is 3.21. The zero-order valence-electron chi connectivity index (χ0n) is 7.51. The average molecular weight is 157 g/mol. The molecule has 0 bridgehead atoms. The Morgan fingerprint density at radius 1 is 1.45 bits per heavy atom. The van der Waals surface area contributed by atoms with Gasteiger partial charge in [-0.05, 0) is 24.7 Å². The standard InChI is InChI=1S/C9H19NO/c1-7(2)8(6-11)5-10-9-3-4-9/h7-11H,3-6H2,1-2H3. The quantitative estimate of drug-likeness (QED) is 0.624. The van der Waals surface area contributed by atoms with Crippen LogP contribution < -0.4 is 5.32 Å². The summed E-state index contributed by atoms with van der Waals surface area (Å²) in [7, 11) is 0. The van der Waals surface area contributed by atoms with Gasteiger partial charge in [0.2, 0.25) is 0 Å². The third-order valence-electron chi connectivity index (χ3n) is 2.42. The van der Waals surface area contributed by atoms with Crippen molar-refractivity contribution in [3.63, 3.8) is 0 Å². The maximum absolute atomic E-state index is 8.99. The summed E-state index contributed by atoms with van der Waals surface area (Å²) in [6, 6.07) is 0.766. The van der Waals surface area contributed by atoms with Crippen molar-refractivity contribution in [1.29, 1.82) is 0 Å². The molecule has 1 atom stereocenters. The van der Waals surface area contributed by atoms with Crippen LogP contribution in [0, 0.1) is 11.8 Å². The molecule has 0 heterocycles. The molecule has 2 nitrogen and oxygen atoms in total. The van der Waals surface area contributed by atoms with Gasteiger partial charge >= 0.3 is 0 Å². The van der Waals surface area contributed by atoms with Crippen LogP contribution in [0.4, 0.5) is 0 Å². The lowest BCUT2D eigenvalue weighted by atomic mass is 9.97. The molecular weight excluding hydrogens is 138 g/mol. The second-order valence-electron chi connectivity index (χ2n) is 3.87. The van der Waals surface area contributed by atoms with Crippen molar-refractivity contribution in [2.45, 2.75) is 32.7 Å². The zero-order chi connectivity index (χ0) is 8.27. The summed E-state index contributed by atoms with van der Waals surface area (Å²) in [6.45, 7) is 5.63. The summed E-state index contributed by atoms with van der Waals surface area (Å²) < 4.78 is 0. The lowest BCUT2D eigenvalue weighted by Gasteiger charge is -2.18. The maximum Gasteiger partial charge on any atom is 0.0473 e. The van der Waals surface area contributed by atoms with E-state index in [2.05, 4.69) is 19.2 Å². The Morgan fingerprint density at radius 3 is 2.45 bits per heavy atom. The Balaban J connectivity index is 2.08. The first-order valence-electron chi connectivity index (χ1n) is 4.58. The van der Waals surface area contributed by atoms with E-state index in [1.165, 1.54) is 12.8 Å². The van der Waals surface area contributed by atoms with E-state index >= 15 is 0 Å². The molecular formula is C9H19NO. The highest BCUT2D eigenvalue weighted by atomic mass is 16.3. The fourth-order valence-electron chi connectivity index (χ4n) is 1.12. The molecule has 1 fully saturated rings. The highest BCUT2D eigenvalue weighted by Gasteiger charge is 2.22. The number of hydrogen-bond acceptors (Lipinski definition) is 2. The van der Waals surface area contributed by atoms with Gasteiger partial charge in [-0.15, -0.1) is 0 Å². The number of nitrogens with one attached hydrogen (secondary N) is 1. The smallest absolute Gasteiger partial charge is 0.0473 e. The van der Waals surface area contributed by atoms with E-state index in [4.69, 9.17) is 5.11 Å². The number of rotatable bonds is 5. The zero-order valence-corrected chi connectivity index (χ0v) is 7.51. The van der Waals surface area contributed by atoms with Gasteiger partial charge < -0.3 is 10.4 Å². The molecule has 1 aliphatic carbocycles. The lowest BCUT2D eigenvalue weighted by molar-refractivity contribution is 0.186. The molecule has 1 aliphatic rings. The molecule has 2 N–H and O–H groups in total. The van der Waals surface area contributed by atoms with Crippen molar-refractivity contribution >= 4 is 0 Å². The first-order valence-corrected chi connectivity index (χ1v) is 4.58. The van der Waals surface area contributed by atoms with Gasteiger partial charge in [-0.1, -0.05) is 13.8 Å². The van der Waals surface area contributed by atoms with Crippen LogP contribution in [0.1, 0.15) is 26.7 Å². The highest BCUT2D eigenvalue weighted by Crippen LogP contribution is 2.19. The predicted molar refractivity (Wildman–Crippen MR) is 46.4 cm³/mol. The summed E-state index contributed by atoms with van der Waals surface area (Å²) in [5.41, 5.74) is 0. The molecule has 0 amide bonds. The number of hydrogen-bond donors (Lipinski definition) is 2. The van der Waals surface area contributed by atoms with Crippen molar-refractivity contribution in [2.75, 3.05) is 13.2 Å². The number of aliphatic hydroxyl groups is 1. The van der Waals surface area contributed by atoms with Gasteiger partial charge in [0.15, 0.2) is 0 Å². The first kappa shape index (κ1) is 9.01. The van der Waals surface area contributed by atoms with E-state index in [1.807, 2.05) is 0 Å². The first-order chi connectivity index (χ1) is 5.24. The van der Waals surface area contributed by atoms with Crippen molar-refractivity contribution in [1.82, 2.24) is 5.32 Å². The van der Waals surface area contributed by atoms with Crippen molar-refractivity contribution < 1.29 is 5.11 Å². The second kappa shape index (κ2) is 4.07. The van der Waals surface area contributed by atoms with Crippen LogP contribution in [0.3, 0.4) is 0 Å². The molecule has 1 saturated carbocycles. The average Bonchev–Trinajstić information content (AvgIpc) is 2.72. The molecule has 0 saturated heterocycles. The van der Waals surface area contributed by atoms with E-state index in [0.717, 1.165) is 12.6 Å². The van der Waals surface area contributed by atoms with E-state index < -0.39 is 0 Å². The molecule has 0 aromatic carbocycles. The van der Waals surface area contributed by atoms with E-state index in [9.17, 15) is 0 Å². The van der Waals surface area contributed by atoms with Gasteiger partial charge in [-0.2, -0.15) is 0 Å². The van der Waals surface area contributed by atoms with Crippen LogP contribution in [0.5, 0.6) is 0 Å². The van der Waals surface area contributed by atoms with E-state index in [1.54, 1.807) is 0 Å². The molecule has 0 aliphatic heterocycles. The molecule has 66 valence electrons. The van der Waals surface area contributed by atoms with Crippen LogP contribution in [0.2, 0.25) is 0 Å². The minimum Gasteiger partial charge on any atom is -0.396 e. The minimum atomic E-state index is 0.317. The molecule has 1 unspecified atom stereocenters. The van der Waals surface area contributed by atoms with Crippen LogP contribution in [0.15, 0.2) is 0 Å². The summed E-state index contributed by atoms with van der Waals surface area (Å²) in [5, 5.41) is 12.4. The van der Waals surface area contributed by atoms with Crippen molar-refractivity contribution in [2.24, 2.45) is 11.8 Å². The largest absolute Gasteiger partial charge is 0.396 e. The van der Waals surface area contributed by atoms with E-state index in [0.29, 0.717) is 18.4 Å². The van der Waals surface area contributed by atoms with Crippen LogP contribution in [0.25, 0.3) is 0 Å². The van der Waals surface area contributed by atoms with Gasteiger partial charge in [0.25, 0.3) is 0 Å². The Kier molecular flexibility index (Phi) is 3.34. The Morgan fingerprint density at radius 2 is 2.09 bits per heavy atom. The molecule has 0 spiro atoms. The maximum atomic E-state index is 8.99. The Bertz CT molecular complexity index is 110. The second-order valence-corrected chi connectivity index (χ2v) is 3.87. The van der Waals surface area contributed by atoms with Gasteiger partial charge in [-0.25, -0.2) is 0 Å². The summed E-state index contributed by atoms with van der Waals surface area (Å²) in [4.78, 5) is 0. The number of aliphatic hydroxyl groups excluding tert-OH is 1. The highest BCUT2D eigenvalue weighted by molar-refractivity contribution is 4.82. The summed E-state index contributed by atoms with van der Waals surface area (Å²) in [6.07, 6.45) is 2.66. The van der Waals surface area contributed by atoms with Gasteiger partial charge in [0.1, 0.15) is 0 Å². The third-order valence-corrected chi connectivity index (χ3v) is 2.42. The van der Waals surface area contributed by atoms with Gasteiger partial charge in [-0.3, -0.25) is 0 Å². The van der Waals surface area contributed by atoms with E-state index in [-0.39, 0.29) is 0 Å².